The second-order valence-corrected chi connectivity index (χ2v) is 8.46. The van der Waals surface area contributed by atoms with Crippen molar-refractivity contribution in [2.24, 2.45) is 5.92 Å². The van der Waals surface area contributed by atoms with Crippen molar-refractivity contribution in [2.75, 3.05) is 0 Å². The van der Waals surface area contributed by atoms with Crippen molar-refractivity contribution in [3.63, 3.8) is 0 Å². The topological polar surface area (TPSA) is 64.8 Å². The maximum absolute atomic E-state index is 11.6. The van der Waals surface area contributed by atoms with Gasteiger partial charge in [-0.2, -0.15) is 0 Å². The molecular formula is C12H13ClIN3O2S. The van der Waals surface area contributed by atoms with Crippen LogP contribution in [0.5, 0.6) is 0 Å². The third-order valence-corrected chi connectivity index (χ3v) is 4.46. The fourth-order valence-corrected chi connectivity index (χ4v) is 3.08. The summed E-state index contributed by atoms with van der Waals surface area (Å²) in [5.41, 5.74) is 0.810. The summed E-state index contributed by atoms with van der Waals surface area (Å²) < 4.78 is 25.8. The zero-order valence-electron chi connectivity index (χ0n) is 10.9. The first-order valence-corrected chi connectivity index (χ1v) is 9.31. The summed E-state index contributed by atoms with van der Waals surface area (Å²) in [5.74, 6) is 0.750. The van der Waals surface area contributed by atoms with Crippen molar-refractivity contribution in [2.45, 2.75) is 25.5 Å². The van der Waals surface area contributed by atoms with E-state index in [4.69, 9.17) is 10.7 Å². The van der Waals surface area contributed by atoms with Crippen LogP contribution in [-0.4, -0.2) is 23.2 Å². The van der Waals surface area contributed by atoms with Crippen LogP contribution < -0.4 is 0 Å². The number of hydrogen-bond donors (Lipinski definition) is 0. The Balaban J connectivity index is 2.59. The molecule has 0 spiro atoms. The van der Waals surface area contributed by atoms with Crippen molar-refractivity contribution in [3.8, 4) is 11.4 Å². The van der Waals surface area contributed by atoms with E-state index in [-0.39, 0.29) is 11.1 Å². The predicted octanol–water partition coefficient (Wildman–Crippen LogP) is 3.13. The molecule has 0 saturated heterocycles. The average molecular weight is 426 g/mol. The first-order valence-electron chi connectivity index (χ1n) is 5.93. The molecule has 1 aromatic carbocycles. The number of benzene rings is 1. The highest BCUT2D eigenvalue weighted by Gasteiger charge is 2.23. The molecule has 0 atom stereocenters. The summed E-state index contributed by atoms with van der Waals surface area (Å²) >= 11 is 2.20. The lowest BCUT2D eigenvalue weighted by atomic mass is 10.2. The van der Waals surface area contributed by atoms with Crippen LogP contribution in [0.1, 0.15) is 13.8 Å². The van der Waals surface area contributed by atoms with Crippen molar-refractivity contribution in [1.82, 2.24) is 14.8 Å². The highest BCUT2D eigenvalue weighted by atomic mass is 127. The van der Waals surface area contributed by atoms with Gasteiger partial charge in [0, 0.05) is 26.4 Å². The molecule has 1 aromatic heterocycles. The minimum absolute atomic E-state index is 0.207. The maximum atomic E-state index is 11.6. The van der Waals surface area contributed by atoms with E-state index in [1.165, 1.54) is 0 Å². The minimum atomic E-state index is -3.91. The van der Waals surface area contributed by atoms with Crippen molar-refractivity contribution in [1.29, 1.82) is 0 Å². The van der Waals surface area contributed by atoms with E-state index in [1.54, 1.807) is 4.57 Å². The van der Waals surface area contributed by atoms with E-state index in [2.05, 4.69) is 32.8 Å². The smallest absolute Gasteiger partial charge is 0.296 e. The van der Waals surface area contributed by atoms with Gasteiger partial charge in [-0.15, -0.1) is 10.2 Å². The molecular weight excluding hydrogens is 413 g/mol. The van der Waals surface area contributed by atoms with Gasteiger partial charge in [-0.1, -0.05) is 26.0 Å². The monoisotopic (exact) mass is 425 g/mol. The molecule has 2 aromatic rings. The van der Waals surface area contributed by atoms with Gasteiger partial charge in [0.05, 0.1) is 0 Å². The van der Waals surface area contributed by atoms with Crippen LogP contribution in [0.3, 0.4) is 0 Å². The van der Waals surface area contributed by atoms with Crippen LogP contribution in [0.4, 0.5) is 0 Å². The first kappa shape index (κ1) is 15.7. The van der Waals surface area contributed by atoms with Gasteiger partial charge in [-0.3, -0.25) is 4.57 Å². The molecule has 5 nitrogen and oxygen atoms in total. The molecule has 2 rings (SSSR count). The fraction of sp³-hybridized carbons (Fsp3) is 0.333. The lowest BCUT2D eigenvalue weighted by Crippen LogP contribution is -2.11. The molecule has 0 radical (unpaired) electrons. The number of aromatic nitrogens is 3. The van der Waals surface area contributed by atoms with Crippen LogP contribution in [-0.2, 0) is 15.6 Å². The van der Waals surface area contributed by atoms with Gasteiger partial charge in [0.1, 0.15) is 0 Å². The quantitative estimate of drug-likeness (QED) is 0.558. The van der Waals surface area contributed by atoms with Gasteiger partial charge in [-0.05, 0) is 40.6 Å². The highest BCUT2D eigenvalue weighted by Crippen LogP contribution is 2.24. The molecule has 0 N–H and O–H groups in total. The van der Waals surface area contributed by atoms with E-state index < -0.39 is 9.05 Å². The zero-order valence-corrected chi connectivity index (χ0v) is 14.6. The molecule has 0 fully saturated rings. The summed E-state index contributed by atoms with van der Waals surface area (Å²) in [5, 5.41) is 7.51. The Morgan fingerprint density at radius 1 is 1.25 bits per heavy atom. The first-order chi connectivity index (χ1) is 9.29. The van der Waals surface area contributed by atoms with Crippen LogP contribution in [0.25, 0.3) is 11.4 Å². The Bertz CT molecular complexity index is 711. The predicted molar refractivity (Wildman–Crippen MR) is 86.1 cm³/mol. The van der Waals surface area contributed by atoms with Crippen LogP contribution in [0.15, 0.2) is 29.4 Å². The lowest BCUT2D eigenvalue weighted by molar-refractivity contribution is 0.488. The third kappa shape index (κ3) is 3.50. The van der Waals surface area contributed by atoms with Gasteiger partial charge in [0.25, 0.3) is 14.2 Å². The molecule has 20 heavy (non-hydrogen) atoms. The molecule has 0 aliphatic rings. The molecule has 0 unspecified atom stereocenters. The second-order valence-electron chi connectivity index (χ2n) is 4.76. The Morgan fingerprint density at radius 3 is 2.35 bits per heavy atom. The van der Waals surface area contributed by atoms with E-state index in [0.29, 0.717) is 12.4 Å². The van der Waals surface area contributed by atoms with Gasteiger partial charge in [0.2, 0.25) is 0 Å². The van der Waals surface area contributed by atoms with E-state index in [9.17, 15) is 8.42 Å². The maximum Gasteiger partial charge on any atom is 0.296 e. The molecule has 0 saturated carbocycles. The number of hydrogen-bond acceptors (Lipinski definition) is 4. The van der Waals surface area contributed by atoms with E-state index in [0.717, 1.165) is 9.13 Å². The summed E-state index contributed by atoms with van der Waals surface area (Å²) in [6.07, 6.45) is 0. The lowest BCUT2D eigenvalue weighted by Gasteiger charge is -2.11. The Kier molecular flexibility index (Phi) is 4.70. The van der Waals surface area contributed by atoms with E-state index in [1.807, 2.05) is 38.1 Å². The van der Waals surface area contributed by atoms with Gasteiger partial charge < -0.3 is 0 Å². The molecule has 0 aliphatic heterocycles. The standard InChI is InChI=1S/C12H13ClIN3O2S/c1-8(2)7-17-11(9-3-5-10(14)6-4-9)15-16-12(17)20(13,18)19/h3-6,8H,7H2,1-2H3. The molecule has 8 heteroatoms. The number of rotatable bonds is 4. The van der Waals surface area contributed by atoms with Crippen molar-refractivity contribution >= 4 is 42.3 Å². The second kappa shape index (κ2) is 5.98. The summed E-state index contributed by atoms with van der Waals surface area (Å²) in [6, 6.07) is 7.62. The fourth-order valence-electron chi connectivity index (χ4n) is 1.81. The Morgan fingerprint density at radius 2 is 1.85 bits per heavy atom. The average Bonchev–Trinajstić information content (AvgIpc) is 2.72. The van der Waals surface area contributed by atoms with Crippen molar-refractivity contribution < 1.29 is 8.42 Å². The SMILES string of the molecule is CC(C)Cn1c(-c2ccc(I)cc2)nnc1S(=O)(=O)Cl. The van der Waals surface area contributed by atoms with Crippen LogP contribution in [0.2, 0.25) is 0 Å². The van der Waals surface area contributed by atoms with Crippen molar-refractivity contribution in [3.05, 3.63) is 27.8 Å². The molecule has 108 valence electrons. The summed E-state index contributed by atoms with van der Waals surface area (Å²) in [6.45, 7) is 4.46. The molecule has 0 amide bonds. The number of halogens is 2. The summed E-state index contributed by atoms with van der Waals surface area (Å²) in [7, 11) is 1.51. The summed E-state index contributed by atoms with van der Waals surface area (Å²) in [4.78, 5) is 0. The third-order valence-electron chi connectivity index (χ3n) is 2.59. The highest BCUT2D eigenvalue weighted by molar-refractivity contribution is 14.1. The van der Waals surface area contributed by atoms with Gasteiger partial charge >= 0.3 is 0 Å². The van der Waals surface area contributed by atoms with Gasteiger partial charge in [0.15, 0.2) is 5.82 Å². The van der Waals surface area contributed by atoms with Gasteiger partial charge in [-0.25, -0.2) is 8.42 Å². The number of nitrogens with zero attached hydrogens (tertiary/aromatic N) is 3. The molecule has 1 heterocycles. The normalized spacial score (nSPS) is 12.1. The molecule has 0 bridgehead atoms. The molecule has 0 aliphatic carbocycles. The van der Waals surface area contributed by atoms with Crippen LogP contribution >= 0.6 is 33.3 Å². The Hall–Kier alpha value is -0.670. The largest absolute Gasteiger partial charge is 0.297 e. The Labute approximate surface area is 135 Å². The zero-order chi connectivity index (χ0) is 14.9. The van der Waals surface area contributed by atoms with Crippen LogP contribution in [0, 0.1) is 9.49 Å². The minimum Gasteiger partial charge on any atom is -0.297 e. The van der Waals surface area contributed by atoms with E-state index >= 15 is 0 Å².